The summed E-state index contributed by atoms with van der Waals surface area (Å²) in [7, 11) is 0. The van der Waals surface area contributed by atoms with Crippen LogP contribution in [0.3, 0.4) is 0 Å². The molecule has 0 saturated carbocycles. The van der Waals surface area contributed by atoms with Crippen molar-refractivity contribution in [3.05, 3.63) is 58.6 Å². The molecule has 4 nitrogen and oxygen atoms in total. The molecule has 0 aromatic heterocycles. The third-order valence-electron chi connectivity index (χ3n) is 3.31. The van der Waals surface area contributed by atoms with Gasteiger partial charge in [-0.05, 0) is 40.2 Å². The summed E-state index contributed by atoms with van der Waals surface area (Å²) >= 11 is 3.32. The Morgan fingerprint density at radius 1 is 1.12 bits per heavy atom. The molecule has 0 heterocycles. The second-order valence-corrected chi connectivity index (χ2v) is 5.90. The first-order valence-electron chi connectivity index (χ1n) is 7.16. The van der Waals surface area contributed by atoms with Crippen LogP contribution in [-0.4, -0.2) is 18.4 Å². The molecule has 0 saturated heterocycles. The van der Waals surface area contributed by atoms with Crippen LogP contribution in [0, 0.1) is 11.6 Å². The van der Waals surface area contributed by atoms with E-state index in [0.717, 1.165) is 16.6 Å². The van der Waals surface area contributed by atoms with Gasteiger partial charge in [0.25, 0.3) is 0 Å². The first-order valence-corrected chi connectivity index (χ1v) is 7.95. The molecule has 0 spiro atoms. The Kier molecular flexibility index (Phi) is 6.03. The van der Waals surface area contributed by atoms with Gasteiger partial charge in [0.05, 0.1) is 5.69 Å². The van der Waals surface area contributed by atoms with E-state index in [1.807, 2.05) is 6.07 Å². The summed E-state index contributed by atoms with van der Waals surface area (Å²) in [5.41, 5.74) is 0.819. The van der Waals surface area contributed by atoms with Gasteiger partial charge in [-0.2, -0.15) is 0 Å². The molecule has 0 aliphatic rings. The van der Waals surface area contributed by atoms with Gasteiger partial charge in [-0.3, -0.25) is 9.59 Å². The topological polar surface area (TPSA) is 49.4 Å². The van der Waals surface area contributed by atoms with E-state index in [1.165, 1.54) is 17.9 Å². The van der Waals surface area contributed by atoms with Gasteiger partial charge in [0.2, 0.25) is 11.8 Å². The highest BCUT2D eigenvalue weighted by molar-refractivity contribution is 9.10. The Labute approximate surface area is 146 Å². The van der Waals surface area contributed by atoms with Crippen LogP contribution < -0.4 is 10.2 Å². The maximum Gasteiger partial charge on any atom is 0.226 e. The van der Waals surface area contributed by atoms with E-state index < -0.39 is 11.6 Å². The van der Waals surface area contributed by atoms with Crippen molar-refractivity contribution in [2.24, 2.45) is 0 Å². The molecule has 0 aliphatic carbocycles. The number of nitrogens with zero attached hydrogens (tertiary/aromatic N) is 1. The summed E-state index contributed by atoms with van der Waals surface area (Å²) in [6, 6.07) is 10.3. The molecule has 1 N–H and O–H groups in total. The predicted octanol–water partition coefficient (Wildman–Crippen LogP) is 4.11. The number of anilines is 2. The smallest absolute Gasteiger partial charge is 0.226 e. The molecule has 2 amide bonds. The summed E-state index contributed by atoms with van der Waals surface area (Å²) in [5.74, 6) is -2.70. The number of nitrogens with one attached hydrogen (secondary N) is 1. The van der Waals surface area contributed by atoms with E-state index in [2.05, 4.69) is 21.2 Å². The Balaban J connectivity index is 2.03. The third kappa shape index (κ3) is 4.61. The fourth-order valence-corrected chi connectivity index (χ4v) is 2.49. The van der Waals surface area contributed by atoms with Crippen LogP contribution >= 0.6 is 15.9 Å². The van der Waals surface area contributed by atoms with Crippen molar-refractivity contribution < 1.29 is 18.4 Å². The fourth-order valence-electron chi connectivity index (χ4n) is 2.11. The van der Waals surface area contributed by atoms with Gasteiger partial charge >= 0.3 is 0 Å². The number of rotatable bonds is 5. The maximum absolute atomic E-state index is 13.3. The van der Waals surface area contributed by atoms with Crippen molar-refractivity contribution in [1.82, 2.24) is 0 Å². The number of benzene rings is 2. The Morgan fingerprint density at radius 3 is 2.46 bits per heavy atom. The number of amides is 2. The molecule has 0 aliphatic heterocycles. The average molecular weight is 397 g/mol. The monoisotopic (exact) mass is 396 g/mol. The first-order chi connectivity index (χ1) is 11.4. The third-order valence-corrected chi connectivity index (χ3v) is 4.00. The van der Waals surface area contributed by atoms with Crippen LogP contribution in [0.25, 0.3) is 0 Å². The summed E-state index contributed by atoms with van der Waals surface area (Å²) in [5, 5.41) is 2.72. The average Bonchev–Trinajstić information content (AvgIpc) is 2.53. The Hall–Kier alpha value is -2.28. The molecule has 2 rings (SSSR count). The van der Waals surface area contributed by atoms with Crippen LogP contribution in [0.1, 0.15) is 13.3 Å². The first kappa shape index (κ1) is 18.1. The lowest BCUT2D eigenvalue weighted by molar-refractivity contribution is -0.117. The van der Waals surface area contributed by atoms with Gasteiger partial charge in [0, 0.05) is 36.1 Å². The maximum atomic E-state index is 13.3. The summed E-state index contributed by atoms with van der Waals surface area (Å²) < 4.78 is 27.1. The van der Waals surface area contributed by atoms with Crippen LogP contribution in [0.5, 0.6) is 0 Å². The highest BCUT2D eigenvalue weighted by Gasteiger charge is 2.16. The summed E-state index contributed by atoms with van der Waals surface area (Å²) in [6.45, 7) is 1.35. The minimum Gasteiger partial charge on any atom is -0.325 e. The van der Waals surface area contributed by atoms with E-state index in [-0.39, 0.29) is 30.5 Å². The van der Waals surface area contributed by atoms with Crippen LogP contribution in [-0.2, 0) is 9.59 Å². The fraction of sp³-hybridized carbons (Fsp3) is 0.176. The van der Waals surface area contributed by atoms with E-state index in [1.54, 1.807) is 18.2 Å². The lowest BCUT2D eigenvalue weighted by atomic mass is 10.2. The van der Waals surface area contributed by atoms with E-state index in [9.17, 15) is 18.4 Å². The predicted molar refractivity (Wildman–Crippen MR) is 91.8 cm³/mol. The SMILES string of the molecule is CC(=O)N(CCC(=O)Nc1ccccc1Br)c1ccc(F)c(F)c1. The van der Waals surface area contributed by atoms with Crippen LogP contribution in [0.2, 0.25) is 0 Å². The molecule has 0 unspecified atom stereocenters. The summed E-state index contributed by atoms with van der Waals surface area (Å²) in [6.07, 6.45) is 0.0138. The molecule has 2 aromatic carbocycles. The molecule has 24 heavy (non-hydrogen) atoms. The quantitative estimate of drug-likeness (QED) is 0.826. The zero-order valence-electron chi connectivity index (χ0n) is 12.9. The highest BCUT2D eigenvalue weighted by atomic mass is 79.9. The molecule has 0 bridgehead atoms. The van der Waals surface area contributed by atoms with E-state index in [4.69, 9.17) is 0 Å². The van der Waals surface area contributed by atoms with Gasteiger partial charge in [0.1, 0.15) is 0 Å². The zero-order valence-corrected chi connectivity index (χ0v) is 14.4. The molecule has 7 heteroatoms. The highest BCUT2D eigenvalue weighted by Crippen LogP contribution is 2.22. The molecule has 2 aromatic rings. The van der Waals surface area contributed by atoms with Crippen molar-refractivity contribution >= 4 is 39.1 Å². The Bertz CT molecular complexity index is 768. The lowest BCUT2D eigenvalue weighted by Gasteiger charge is -2.21. The summed E-state index contributed by atoms with van der Waals surface area (Å²) in [4.78, 5) is 25.0. The standard InChI is InChI=1S/C17H15BrF2N2O2/c1-11(23)22(12-6-7-14(19)15(20)10-12)9-8-17(24)21-16-5-3-2-4-13(16)18/h2-7,10H,8-9H2,1H3,(H,21,24). The van der Waals surface area contributed by atoms with Crippen LogP contribution in [0.15, 0.2) is 46.9 Å². The Morgan fingerprint density at radius 2 is 1.83 bits per heavy atom. The molecule has 0 radical (unpaired) electrons. The van der Waals surface area contributed by atoms with Gasteiger partial charge in [-0.25, -0.2) is 8.78 Å². The number of halogens is 3. The zero-order chi connectivity index (χ0) is 17.7. The van der Waals surface area contributed by atoms with E-state index in [0.29, 0.717) is 5.69 Å². The van der Waals surface area contributed by atoms with Crippen molar-refractivity contribution in [2.75, 3.05) is 16.8 Å². The van der Waals surface area contributed by atoms with Gasteiger partial charge in [-0.1, -0.05) is 12.1 Å². The second-order valence-electron chi connectivity index (χ2n) is 5.05. The second kappa shape index (κ2) is 8.01. The van der Waals surface area contributed by atoms with Crippen LogP contribution in [0.4, 0.5) is 20.2 Å². The number of hydrogen-bond donors (Lipinski definition) is 1. The molecular formula is C17H15BrF2N2O2. The molecule has 126 valence electrons. The van der Waals surface area contributed by atoms with Gasteiger partial charge in [-0.15, -0.1) is 0 Å². The number of hydrogen-bond acceptors (Lipinski definition) is 2. The van der Waals surface area contributed by atoms with Crippen molar-refractivity contribution in [1.29, 1.82) is 0 Å². The van der Waals surface area contributed by atoms with E-state index >= 15 is 0 Å². The van der Waals surface area contributed by atoms with Crippen molar-refractivity contribution in [3.63, 3.8) is 0 Å². The molecule has 0 fully saturated rings. The number of carbonyl (C=O) groups excluding carboxylic acids is 2. The van der Waals surface area contributed by atoms with Crippen molar-refractivity contribution in [2.45, 2.75) is 13.3 Å². The molecule has 0 atom stereocenters. The number of para-hydroxylation sites is 1. The molecular weight excluding hydrogens is 382 g/mol. The largest absolute Gasteiger partial charge is 0.325 e. The van der Waals surface area contributed by atoms with Crippen molar-refractivity contribution in [3.8, 4) is 0 Å². The van der Waals surface area contributed by atoms with Gasteiger partial charge in [0.15, 0.2) is 11.6 Å². The number of carbonyl (C=O) groups is 2. The lowest BCUT2D eigenvalue weighted by Crippen LogP contribution is -2.32. The normalized spacial score (nSPS) is 10.3. The minimum absolute atomic E-state index is 0.0138. The van der Waals surface area contributed by atoms with Gasteiger partial charge < -0.3 is 10.2 Å². The minimum atomic E-state index is -1.04.